The standard InChI is InChI=1S/C10H10Cl2O/c1-7(6-11)10-8(12)4-3-5-9(10)13-2/h3-5H,1,6H2,2H3. The molecule has 0 aromatic heterocycles. The van der Waals surface area contributed by atoms with Crippen molar-refractivity contribution in [1.29, 1.82) is 0 Å². The number of alkyl halides is 1. The summed E-state index contributed by atoms with van der Waals surface area (Å²) in [5.74, 6) is 1.05. The van der Waals surface area contributed by atoms with Gasteiger partial charge in [0.2, 0.25) is 0 Å². The van der Waals surface area contributed by atoms with Gasteiger partial charge < -0.3 is 4.74 Å². The molecule has 13 heavy (non-hydrogen) atoms. The van der Waals surface area contributed by atoms with E-state index in [4.69, 9.17) is 27.9 Å². The summed E-state index contributed by atoms with van der Waals surface area (Å²) >= 11 is 11.7. The van der Waals surface area contributed by atoms with Crippen LogP contribution in [0.5, 0.6) is 5.75 Å². The Labute approximate surface area is 87.9 Å². The molecule has 70 valence electrons. The van der Waals surface area contributed by atoms with E-state index in [2.05, 4.69) is 6.58 Å². The molecule has 1 aromatic rings. The predicted molar refractivity (Wildman–Crippen MR) is 57.8 cm³/mol. The van der Waals surface area contributed by atoms with Crippen molar-refractivity contribution in [3.63, 3.8) is 0 Å². The Morgan fingerprint density at radius 2 is 2.23 bits per heavy atom. The van der Waals surface area contributed by atoms with E-state index in [1.54, 1.807) is 13.2 Å². The van der Waals surface area contributed by atoms with Gasteiger partial charge in [-0.1, -0.05) is 24.2 Å². The van der Waals surface area contributed by atoms with Crippen LogP contribution >= 0.6 is 23.2 Å². The summed E-state index contributed by atoms with van der Waals surface area (Å²) in [4.78, 5) is 0. The molecule has 1 rings (SSSR count). The van der Waals surface area contributed by atoms with Gasteiger partial charge in [0.05, 0.1) is 12.1 Å². The largest absolute Gasteiger partial charge is 0.496 e. The first-order valence-electron chi connectivity index (χ1n) is 3.77. The number of ether oxygens (including phenoxy) is 1. The van der Waals surface area contributed by atoms with Gasteiger partial charge in [-0.2, -0.15) is 0 Å². The maximum atomic E-state index is 5.98. The normalized spacial score (nSPS) is 9.77. The van der Waals surface area contributed by atoms with Crippen molar-refractivity contribution in [2.75, 3.05) is 13.0 Å². The minimum atomic E-state index is 0.347. The highest BCUT2D eigenvalue weighted by atomic mass is 35.5. The van der Waals surface area contributed by atoms with Gasteiger partial charge in [0, 0.05) is 11.4 Å². The number of halogens is 2. The molecule has 0 atom stereocenters. The van der Waals surface area contributed by atoms with Crippen LogP contribution in [0.4, 0.5) is 0 Å². The molecule has 0 amide bonds. The van der Waals surface area contributed by atoms with Crippen molar-refractivity contribution in [3.05, 3.63) is 35.4 Å². The smallest absolute Gasteiger partial charge is 0.127 e. The third-order valence-electron chi connectivity index (χ3n) is 1.71. The van der Waals surface area contributed by atoms with E-state index in [-0.39, 0.29) is 0 Å². The number of allylic oxidation sites excluding steroid dienone is 1. The molecule has 0 saturated carbocycles. The second kappa shape index (κ2) is 4.54. The van der Waals surface area contributed by atoms with Crippen LogP contribution in [-0.2, 0) is 0 Å². The van der Waals surface area contributed by atoms with Crippen molar-refractivity contribution >= 4 is 28.8 Å². The lowest BCUT2D eigenvalue weighted by Gasteiger charge is -2.10. The van der Waals surface area contributed by atoms with Gasteiger partial charge in [-0.05, 0) is 17.7 Å². The van der Waals surface area contributed by atoms with Crippen LogP contribution in [0, 0.1) is 0 Å². The molecule has 0 unspecified atom stereocenters. The third kappa shape index (κ3) is 2.17. The highest BCUT2D eigenvalue weighted by molar-refractivity contribution is 6.33. The average Bonchev–Trinajstić information content (AvgIpc) is 2.16. The number of rotatable bonds is 3. The molecule has 0 N–H and O–H groups in total. The van der Waals surface area contributed by atoms with Crippen molar-refractivity contribution in [1.82, 2.24) is 0 Å². The van der Waals surface area contributed by atoms with Gasteiger partial charge >= 0.3 is 0 Å². The first kappa shape index (κ1) is 10.4. The highest BCUT2D eigenvalue weighted by Gasteiger charge is 2.09. The molecule has 1 nitrogen and oxygen atoms in total. The topological polar surface area (TPSA) is 9.23 Å². The number of methoxy groups -OCH3 is 1. The van der Waals surface area contributed by atoms with Crippen LogP contribution in [-0.4, -0.2) is 13.0 Å². The van der Waals surface area contributed by atoms with Gasteiger partial charge in [-0.3, -0.25) is 0 Å². The summed E-state index contributed by atoms with van der Waals surface area (Å²) in [5.41, 5.74) is 1.56. The molecule has 0 aliphatic heterocycles. The molecule has 0 bridgehead atoms. The minimum absolute atomic E-state index is 0.347. The number of benzene rings is 1. The van der Waals surface area contributed by atoms with Gasteiger partial charge in [-0.25, -0.2) is 0 Å². The molecule has 0 radical (unpaired) electrons. The molecule has 0 heterocycles. The fourth-order valence-electron chi connectivity index (χ4n) is 1.08. The van der Waals surface area contributed by atoms with Crippen LogP contribution in [0.2, 0.25) is 5.02 Å². The summed E-state index contributed by atoms with van der Waals surface area (Å²) < 4.78 is 5.15. The van der Waals surface area contributed by atoms with E-state index in [1.165, 1.54) is 0 Å². The fraction of sp³-hybridized carbons (Fsp3) is 0.200. The van der Waals surface area contributed by atoms with Crippen LogP contribution < -0.4 is 4.74 Å². The zero-order valence-corrected chi connectivity index (χ0v) is 8.82. The summed E-state index contributed by atoms with van der Waals surface area (Å²) in [6, 6.07) is 5.45. The van der Waals surface area contributed by atoms with Crippen LogP contribution in [0.3, 0.4) is 0 Å². The second-order valence-electron chi connectivity index (χ2n) is 2.55. The van der Waals surface area contributed by atoms with Crippen LogP contribution in [0.1, 0.15) is 5.56 Å². The summed E-state index contributed by atoms with van der Waals surface area (Å²) in [6.45, 7) is 3.82. The quantitative estimate of drug-likeness (QED) is 0.703. The molecule has 0 aliphatic rings. The molecule has 0 spiro atoms. The van der Waals surface area contributed by atoms with Crippen molar-refractivity contribution in [2.45, 2.75) is 0 Å². The van der Waals surface area contributed by atoms with E-state index >= 15 is 0 Å². The number of hydrogen-bond donors (Lipinski definition) is 0. The van der Waals surface area contributed by atoms with Crippen molar-refractivity contribution in [3.8, 4) is 5.75 Å². The minimum Gasteiger partial charge on any atom is -0.496 e. The predicted octanol–water partition coefficient (Wildman–Crippen LogP) is 3.60. The maximum absolute atomic E-state index is 5.98. The van der Waals surface area contributed by atoms with Gasteiger partial charge in [0.25, 0.3) is 0 Å². The first-order chi connectivity index (χ1) is 6.20. The van der Waals surface area contributed by atoms with E-state index in [0.717, 1.165) is 11.1 Å². The van der Waals surface area contributed by atoms with Gasteiger partial charge in [0.15, 0.2) is 0 Å². The van der Waals surface area contributed by atoms with Crippen molar-refractivity contribution < 1.29 is 4.74 Å². The highest BCUT2D eigenvalue weighted by Crippen LogP contribution is 2.32. The van der Waals surface area contributed by atoms with E-state index in [9.17, 15) is 0 Å². The first-order valence-corrected chi connectivity index (χ1v) is 4.68. The lowest BCUT2D eigenvalue weighted by Crippen LogP contribution is -1.92. The Morgan fingerprint density at radius 1 is 1.54 bits per heavy atom. The fourth-order valence-corrected chi connectivity index (χ4v) is 1.52. The average molecular weight is 217 g/mol. The summed E-state index contributed by atoms with van der Waals surface area (Å²) in [5, 5.41) is 0.616. The maximum Gasteiger partial charge on any atom is 0.127 e. The zero-order chi connectivity index (χ0) is 9.84. The lowest BCUT2D eigenvalue weighted by atomic mass is 10.1. The summed E-state index contributed by atoms with van der Waals surface area (Å²) in [6.07, 6.45) is 0. The Hall–Kier alpha value is -0.660. The van der Waals surface area contributed by atoms with Crippen molar-refractivity contribution in [2.24, 2.45) is 0 Å². The lowest BCUT2D eigenvalue weighted by molar-refractivity contribution is 0.413. The van der Waals surface area contributed by atoms with E-state index in [1.807, 2.05) is 12.1 Å². The zero-order valence-electron chi connectivity index (χ0n) is 7.31. The van der Waals surface area contributed by atoms with E-state index < -0.39 is 0 Å². The van der Waals surface area contributed by atoms with Gasteiger partial charge in [-0.15, -0.1) is 11.6 Å². The Morgan fingerprint density at radius 3 is 2.77 bits per heavy atom. The Balaban J connectivity index is 3.22. The number of hydrogen-bond acceptors (Lipinski definition) is 1. The van der Waals surface area contributed by atoms with E-state index in [0.29, 0.717) is 16.7 Å². The Kier molecular flexibility index (Phi) is 3.64. The monoisotopic (exact) mass is 216 g/mol. The molecular formula is C10H10Cl2O. The molecular weight excluding hydrogens is 207 g/mol. The van der Waals surface area contributed by atoms with Crippen LogP contribution in [0.15, 0.2) is 24.8 Å². The SMILES string of the molecule is C=C(CCl)c1c(Cl)cccc1OC. The van der Waals surface area contributed by atoms with Crippen LogP contribution in [0.25, 0.3) is 5.57 Å². The molecule has 0 aliphatic carbocycles. The molecule has 3 heteroatoms. The third-order valence-corrected chi connectivity index (χ3v) is 2.35. The van der Waals surface area contributed by atoms with Gasteiger partial charge in [0.1, 0.15) is 5.75 Å². The Bertz CT molecular complexity index is 321. The second-order valence-corrected chi connectivity index (χ2v) is 3.23. The molecule has 0 fully saturated rings. The molecule has 0 saturated heterocycles. The molecule has 1 aromatic carbocycles. The summed E-state index contributed by atoms with van der Waals surface area (Å²) in [7, 11) is 1.59.